The Bertz CT molecular complexity index is 3150. The maximum Gasteiger partial charge on any atom is 0.312 e. The smallest absolute Gasteiger partial charge is 0.312 e. The maximum absolute atomic E-state index is 14.1. The van der Waals surface area contributed by atoms with Crippen LogP contribution in [-0.2, 0) is 40.2 Å². The third-order valence-corrected chi connectivity index (χ3v) is 15.4. The van der Waals surface area contributed by atoms with Gasteiger partial charge in [-0.15, -0.1) is 23.2 Å². The first-order chi connectivity index (χ1) is 38.1. The van der Waals surface area contributed by atoms with Crippen molar-refractivity contribution in [2.75, 3.05) is 53.1 Å². The summed E-state index contributed by atoms with van der Waals surface area (Å²) in [5, 5.41) is 25.1. The Hall–Kier alpha value is -7.70. The van der Waals surface area contributed by atoms with Crippen molar-refractivity contribution in [2.24, 2.45) is 11.7 Å². The van der Waals surface area contributed by atoms with Crippen molar-refractivity contribution in [3.05, 3.63) is 114 Å². The molecule has 416 valence electrons. The van der Waals surface area contributed by atoms with Gasteiger partial charge in [0, 0.05) is 110 Å². The number of unbranched alkanes of at least 4 members (excludes halogenated alkanes) is 2. The number of halogens is 2. The van der Waals surface area contributed by atoms with Gasteiger partial charge in [-0.1, -0.05) is 80.9 Å². The Kier molecular flexibility index (Phi) is 19.1. The van der Waals surface area contributed by atoms with E-state index >= 15 is 0 Å². The van der Waals surface area contributed by atoms with E-state index in [9.17, 15) is 43.5 Å². The second-order valence-corrected chi connectivity index (χ2v) is 21.1. The molecule has 8 rings (SSSR count). The number of benzene rings is 5. The summed E-state index contributed by atoms with van der Waals surface area (Å²) < 4.78 is 6.50. The van der Waals surface area contributed by atoms with Crippen LogP contribution in [0.25, 0.3) is 21.5 Å². The lowest BCUT2D eigenvalue weighted by Gasteiger charge is -2.25. The monoisotopic (exact) mass is 1120 g/mol. The van der Waals surface area contributed by atoms with Crippen LogP contribution in [0.5, 0.6) is 11.5 Å². The molecule has 0 spiro atoms. The van der Waals surface area contributed by atoms with Gasteiger partial charge in [-0.2, -0.15) is 0 Å². The van der Waals surface area contributed by atoms with Crippen LogP contribution in [0, 0.1) is 5.92 Å². The van der Waals surface area contributed by atoms with Crippen molar-refractivity contribution >= 4 is 109 Å². The average Bonchev–Trinajstić information content (AvgIpc) is 4.35. The van der Waals surface area contributed by atoms with E-state index < -0.39 is 29.9 Å². The van der Waals surface area contributed by atoms with Crippen molar-refractivity contribution in [1.29, 1.82) is 0 Å². The van der Waals surface area contributed by atoms with Crippen molar-refractivity contribution in [3.8, 4) is 11.5 Å². The Balaban J connectivity index is 0.879. The molecule has 0 fully saturated rings. The van der Waals surface area contributed by atoms with Gasteiger partial charge in [-0.05, 0) is 77.6 Å². The van der Waals surface area contributed by atoms with Gasteiger partial charge in [0.2, 0.25) is 29.5 Å². The van der Waals surface area contributed by atoms with Gasteiger partial charge in [0.1, 0.15) is 30.2 Å². The Morgan fingerprint density at radius 3 is 1.87 bits per heavy atom. The molecule has 0 bridgehead atoms. The summed E-state index contributed by atoms with van der Waals surface area (Å²) in [6.07, 6.45) is 5.13. The fraction of sp³-hybridized carbons (Fsp3) is 0.390. The predicted octanol–water partition coefficient (Wildman–Crippen LogP) is 7.98. The number of urea groups is 1. The molecule has 9 amide bonds. The molecule has 7 N–H and O–H groups in total. The van der Waals surface area contributed by atoms with Gasteiger partial charge in [-0.25, -0.2) is 4.79 Å². The lowest BCUT2D eigenvalue weighted by Crippen LogP contribution is -2.54. The van der Waals surface area contributed by atoms with Crippen LogP contribution in [0.15, 0.2) is 97.1 Å². The number of nitrogens with two attached hydrogens (primary N) is 1. The molecule has 0 radical (unpaired) electrons. The second-order valence-electron chi connectivity index (χ2n) is 20.5. The van der Waals surface area contributed by atoms with Crippen LogP contribution < -0.4 is 41.5 Å². The highest BCUT2D eigenvalue weighted by atomic mass is 35.5. The number of aromatic hydroxyl groups is 1. The number of rotatable bonds is 25. The van der Waals surface area contributed by atoms with E-state index in [-0.39, 0.29) is 104 Å². The zero-order valence-corrected chi connectivity index (χ0v) is 45.7. The highest BCUT2D eigenvalue weighted by Crippen LogP contribution is 2.47. The van der Waals surface area contributed by atoms with Crippen LogP contribution in [0.2, 0.25) is 0 Å². The van der Waals surface area contributed by atoms with Crippen LogP contribution in [0.3, 0.4) is 0 Å². The summed E-state index contributed by atoms with van der Waals surface area (Å²) in [7, 11) is 0. The molecule has 0 saturated heterocycles. The van der Waals surface area contributed by atoms with Crippen molar-refractivity contribution < 1.29 is 48.2 Å². The van der Waals surface area contributed by atoms with Crippen LogP contribution in [0.1, 0.15) is 100 Å². The van der Waals surface area contributed by atoms with Crippen LogP contribution in [0.4, 0.5) is 21.9 Å². The lowest BCUT2D eigenvalue weighted by molar-refractivity contribution is -0.137. The van der Waals surface area contributed by atoms with E-state index in [1.54, 1.807) is 54.0 Å². The van der Waals surface area contributed by atoms with Gasteiger partial charge in [0.25, 0.3) is 11.8 Å². The van der Waals surface area contributed by atoms with Gasteiger partial charge in [-0.3, -0.25) is 38.5 Å². The molecule has 0 saturated carbocycles. The summed E-state index contributed by atoms with van der Waals surface area (Å²) in [6.45, 7) is 4.85. The second kappa shape index (κ2) is 26.3. The number of amides is 9. The number of carbonyl (C=O) groups is 8. The van der Waals surface area contributed by atoms with E-state index in [0.717, 1.165) is 37.7 Å². The summed E-state index contributed by atoms with van der Waals surface area (Å²) >= 11 is 13.0. The standard InChI is InChI=1S/C59H66Cl2N8O10/c1-35(2)56(66-49(71)17-4-3-9-27-67-52(74)24-25-53(67)75)58(77)65-44(16-11-26-63-59(62)78)57(76)64-39-22-20-36(21-23-39)34-79-48-29-46-55(43-15-8-6-13-41(43)48)38(31-61)33-69(46)51(73)19-10-18-50(72)68-32-37(30-60)54-42-14-7-5-12-40(42)47(70)28-45(54)68/h5-8,12-15,20-25,28-29,35,37-38,44,56,70H,3-4,9-11,16-19,26-27,30-34H2,1-2H3,(H,64,76)(H,65,77)(H,66,71)(H3,62,63,78)/t37-,38-,44+,56?/m1/s1. The number of anilines is 3. The van der Waals surface area contributed by atoms with Gasteiger partial charge in [0.15, 0.2) is 0 Å². The number of phenols is 1. The largest absolute Gasteiger partial charge is 0.507 e. The maximum atomic E-state index is 14.1. The number of hydrogen-bond acceptors (Lipinski definition) is 10. The van der Waals surface area contributed by atoms with Crippen molar-refractivity contribution in [1.82, 2.24) is 20.9 Å². The van der Waals surface area contributed by atoms with E-state index in [2.05, 4.69) is 21.3 Å². The Morgan fingerprint density at radius 2 is 1.28 bits per heavy atom. The summed E-state index contributed by atoms with van der Waals surface area (Å²) in [5.41, 5.74) is 9.69. The predicted molar refractivity (Wildman–Crippen MR) is 304 cm³/mol. The number of primary amides is 1. The molecule has 3 aliphatic heterocycles. The average molecular weight is 1120 g/mol. The number of alkyl halides is 2. The number of ether oxygens (including phenoxy) is 1. The molecule has 20 heteroatoms. The Morgan fingerprint density at radius 1 is 0.696 bits per heavy atom. The zero-order chi connectivity index (χ0) is 56.3. The SMILES string of the molecule is CC(C)C(NC(=O)CCCCCN1C(=O)C=CC1=O)C(=O)N[C@@H](CCCNC(N)=O)C(=O)Nc1ccc(COc2cc3c(c4ccccc24)[C@H](CCl)CN3C(=O)CCCC(=O)N2C[C@@H](CCl)c3c2cc(O)c2ccccc32)cc1. The topological polar surface area (TPSA) is 250 Å². The molecule has 5 aromatic carbocycles. The first-order valence-electron chi connectivity index (χ1n) is 26.8. The molecule has 1 unspecified atom stereocenters. The molecule has 79 heavy (non-hydrogen) atoms. The molecule has 3 heterocycles. The third kappa shape index (κ3) is 13.6. The van der Waals surface area contributed by atoms with Crippen molar-refractivity contribution in [3.63, 3.8) is 0 Å². The number of hydrogen-bond donors (Lipinski definition) is 6. The molecule has 0 aromatic heterocycles. The molecule has 18 nitrogen and oxygen atoms in total. The van der Waals surface area contributed by atoms with E-state index in [0.29, 0.717) is 79.3 Å². The molecular formula is C59H66Cl2N8O10. The first kappa shape index (κ1) is 57.5. The minimum absolute atomic E-state index is 0.0894. The highest BCUT2D eigenvalue weighted by Gasteiger charge is 2.37. The summed E-state index contributed by atoms with van der Waals surface area (Å²) in [5.74, 6) is -1.79. The van der Waals surface area contributed by atoms with E-state index in [1.165, 1.54) is 12.2 Å². The van der Waals surface area contributed by atoms with Gasteiger partial charge >= 0.3 is 6.03 Å². The van der Waals surface area contributed by atoms with E-state index in [4.69, 9.17) is 33.7 Å². The summed E-state index contributed by atoms with van der Waals surface area (Å²) in [4.78, 5) is 108. The molecule has 4 atom stereocenters. The minimum atomic E-state index is -1.05. The molecule has 5 aromatic rings. The van der Waals surface area contributed by atoms with Crippen molar-refractivity contribution in [2.45, 2.75) is 102 Å². The quantitative estimate of drug-likeness (QED) is 0.0187. The summed E-state index contributed by atoms with van der Waals surface area (Å²) in [6, 6.07) is 23.1. The fourth-order valence-corrected chi connectivity index (χ4v) is 11.1. The van der Waals surface area contributed by atoms with Crippen LogP contribution in [-0.4, -0.2) is 107 Å². The normalized spacial score (nSPS) is 16.3. The molecule has 0 aliphatic carbocycles. The first-order valence-corrected chi connectivity index (χ1v) is 27.9. The number of fused-ring (bicyclic) bond motifs is 6. The van der Waals surface area contributed by atoms with Gasteiger partial charge in [0.05, 0.1) is 11.4 Å². The zero-order valence-electron chi connectivity index (χ0n) is 44.2. The van der Waals surface area contributed by atoms with Crippen LogP contribution >= 0.6 is 23.2 Å². The Labute approximate surface area is 468 Å². The number of nitrogens with one attached hydrogen (secondary N) is 4. The van der Waals surface area contributed by atoms with Gasteiger partial charge < -0.3 is 46.6 Å². The highest BCUT2D eigenvalue weighted by molar-refractivity contribution is 6.19. The molecule has 3 aliphatic rings. The molecular weight excluding hydrogens is 1050 g/mol. The fourth-order valence-electron chi connectivity index (χ4n) is 10.6. The minimum Gasteiger partial charge on any atom is -0.507 e. The third-order valence-electron chi connectivity index (χ3n) is 14.7. The number of phenolic OH excluding ortho intramolecular Hbond substituents is 1. The van der Waals surface area contributed by atoms with E-state index in [1.807, 2.05) is 54.6 Å². The lowest BCUT2D eigenvalue weighted by atomic mass is 9.95. The number of nitrogens with zero attached hydrogens (tertiary/aromatic N) is 3. The number of imide groups is 1. The number of carbonyl (C=O) groups excluding carboxylic acids is 8.